The molecule has 0 saturated heterocycles. The number of nitrogens with one attached hydrogen (secondary N) is 2. The van der Waals surface area contributed by atoms with E-state index >= 15 is 0 Å². The van der Waals surface area contributed by atoms with E-state index in [0.717, 1.165) is 11.6 Å². The molecule has 0 atom stereocenters. The Morgan fingerprint density at radius 3 is 2.55 bits per heavy atom. The Balaban J connectivity index is 1.99. The zero-order valence-corrected chi connectivity index (χ0v) is 17.2. The first-order valence-electron chi connectivity index (χ1n) is 8.86. The van der Waals surface area contributed by atoms with E-state index in [0.29, 0.717) is 11.6 Å². The van der Waals surface area contributed by atoms with Gasteiger partial charge in [-0.1, -0.05) is 26.0 Å². The third-order valence-corrected chi connectivity index (χ3v) is 5.60. The summed E-state index contributed by atoms with van der Waals surface area (Å²) >= 11 is 0. The Morgan fingerprint density at radius 2 is 1.93 bits per heavy atom. The molecular formula is C19H23N3O6S. The molecule has 9 nitrogen and oxygen atoms in total. The van der Waals surface area contributed by atoms with Crippen LogP contribution in [0.5, 0.6) is 5.75 Å². The van der Waals surface area contributed by atoms with E-state index in [1.54, 1.807) is 6.07 Å². The van der Waals surface area contributed by atoms with E-state index in [4.69, 9.17) is 4.74 Å². The zero-order chi connectivity index (χ0) is 21.6. The van der Waals surface area contributed by atoms with E-state index in [-0.39, 0.29) is 29.5 Å². The number of hydrogen-bond acceptors (Lipinski definition) is 6. The number of rotatable bonds is 9. The maximum absolute atomic E-state index is 12.4. The maximum atomic E-state index is 12.4. The predicted molar refractivity (Wildman–Crippen MR) is 109 cm³/mol. The SMILES string of the molecule is COc1ccc(S(=O)(=O)NCCC(=O)Nc2cccc(C(C)C)c2)cc1[N+](=O)[O-]. The third-order valence-electron chi connectivity index (χ3n) is 4.14. The number of nitro groups is 1. The number of amides is 1. The first-order valence-corrected chi connectivity index (χ1v) is 10.3. The van der Waals surface area contributed by atoms with E-state index < -0.39 is 20.6 Å². The number of hydrogen-bond donors (Lipinski definition) is 2. The Morgan fingerprint density at radius 1 is 1.21 bits per heavy atom. The smallest absolute Gasteiger partial charge is 0.312 e. The summed E-state index contributed by atoms with van der Waals surface area (Å²) in [4.78, 5) is 22.1. The topological polar surface area (TPSA) is 128 Å². The van der Waals surface area contributed by atoms with Crippen LogP contribution in [-0.2, 0) is 14.8 Å². The average molecular weight is 421 g/mol. The van der Waals surface area contributed by atoms with E-state index in [2.05, 4.69) is 10.0 Å². The van der Waals surface area contributed by atoms with Gasteiger partial charge in [0.1, 0.15) is 0 Å². The normalized spacial score (nSPS) is 11.3. The van der Waals surface area contributed by atoms with E-state index in [1.165, 1.54) is 19.2 Å². The van der Waals surface area contributed by atoms with Crippen molar-refractivity contribution in [2.75, 3.05) is 19.0 Å². The van der Waals surface area contributed by atoms with Crippen LogP contribution in [-0.4, -0.2) is 32.9 Å². The van der Waals surface area contributed by atoms with Gasteiger partial charge >= 0.3 is 5.69 Å². The van der Waals surface area contributed by atoms with Gasteiger partial charge in [0.15, 0.2) is 5.75 Å². The lowest BCUT2D eigenvalue weighted by atomic mass is 10.0. The van der Waals surface area contributed by atoms with Gasteiger partial charge in [-0.3, -0.25) is 14.9 Å². The highest BCUT2D eigenvalue weighted by molar-refractivity contribution is 7.89. The van der Waals surface area contributed by atoms with Crippen molar-refractivity contribution in [1.82, 2.24) is 4.72 Å². The summed E-state index contributed by atoms with van der Waals surface area (Å²) in [6.07, 6.45) is -0.0939. The Kier molecular flexibility index (Phi) is 7.29. The van der Waals surface area contributed by atoms with Crippen molar-refractivity contribution in [1.29, 1.82) is 0 Å². The number of sulfonamides is 1. The largest absolute Gasteiger partial charge is 0.490 e. The summed E-state index contributed by atoms with van der Waals surface area (Å²) in [6.45, 7) is 3.93. The fourth-order valence-electron chi connectivity index (χ4n) is 2.56. The lowest BCUT2D eigenvalue weighted by Gasteiger charge is -2.10. The number of methoxy groups -OCH3 is 1. The number of anilines is 1. The van der Waals surface area contributed by atoms with Crippen LogP contribution in [0.25, 0.3) is 0 Å². The van der Waals surface area contributed by atoms with Crippen LogP contribution in [0.3, 0.4) is 0 Å². The van der Waals surface area contributed by atoms with Crippen molar-refractivity contribution in [2.45, 2.75) is 31.1 Å². The molecule has 0 aliphatic carbocycles. The van der Waals surface area contributed by atoms with Gasteiger partial charge in [-0.25, -0.2) is 13.1 Å². The van der Waals surface area contributed by atoms with Crippen molar-refractivity contribution in [3.63, 3.8) is 0 Å². The maximum Gasteiger partial charge on any atom is 0.312 e. The van der Waals surface area contributed by atoms with Gasteiger partial charge in [-0.05, 0) is 35.7 Å². The average Bonchev–Trinajstić information content (AvgIpc) is 2.67. The van der Waals surface area contributed by atoms with Crippen LogP contribution >= 0.6 is 0 Å². The fourth-order valence-corrected chi connectivity index (χ4v) is 3.61. The summed E-state index contributed by atoms with van der Waals surface area (Å²) in [7, 11) is -2.76. The summed E-state index contributed by atoms with van der Waals surface area (Å²) in [5.41, 5.74) is 1.25. The van der Waals surface area contributed by atoms with Crippen LogP contribution < -0.4 is 14.8 Å². The van der Waals surface area contributed by atoms with Crippen LogP contribution in [0.15, 0.2) is 47.4 Å². The molecule has 2 N–H and O–H groups in total. The molecule has 2 aromatic rings. The quantitative estimate of drug-likeness (QED) is 0.473. The lowest BCUT2D eigenvalue weighted by Crippen LogP contribution is -2.28. The lowest BCUT2D eigenvalue weighted by molar-refractivity contribution is -0.386. The Labute approximate surface area is 169 Å². The van der Waals surface area contributed by atoms with E-state index in [9.17, 15) is 23.3 Å². The van der Waals surface area contributed by atoms with Gasteiger partial charge in [0.25, 0.3) is 0 Å². The second-order valence-corrected chi connectivity index (χ2v) is 8.33. The zero-order valence-electron chi connectivity index (χ0n) is 16.3. The van der Waals surface area contributed by atoms with Crippen molar-refractivity contribution in [3.8, 4) is 5.75 Å². The van der Waals surface area contributed by atoms with Crippen molar-refractivity contribution in [3.05, 3.63) is 58.1 Å². The summed E-state index contributed by atoms with van der Waals surface area (Å²) in [6, 6.07) is 10.7. The van der Waals surface area contributed by atoms with Gasteiger partial charge in [0.2, 0.25) is 15.9 Å². The van der Waals surface area contributed by atoms with Crippen molar-refractivity contribution >= 4 is 27.3 Å². The highest BCUT2D eigenvalue weighted by atomic mass is 32.2. The molecule has 0 saturated carbocycles. The summed E-state index contributed by atoms with van der Waals surface area (Å²) < 4.78 is 31.8. The standard InChI is InChI=1S/C19H23N3O6S/c1-13(2)14-5-4-6-15(11-14)21-19(23)9-10-20-29(26,27)16-7-8-18(28-3)17(12-16)22(24)25/h4-8,11-13,20H,9-10H2,1-3H3,(H,21,23). The Hall–Kier alpha value is -2.98. The second-order valence-electron chi connectivity index (χ2n) is 6.57. The molecule has 0 radical (unpaired) electrons. The number of carbonyl (C=O) groups is 1. The van der Waals surface area contributed by atoms with Crippen LogP contribution in [0.1, 0.15) is 31.7 Å². The van der Waals surface area contributed by atoms with Crippen LogP contribution in [0.4, 0.5) is 11.4 Å². The molecule has 0 aliphatic heterocycles. The molecule has 1 amide bonds. The highest BCUT2D eigenvalue weighted by Gasteiger charge is 2.22. The van der Waals surface area contributed by atoms with Gasteiger partial charge in [0.05, 0.1) is 16.9 Å². The molecule has 2 rings (SSSR count). The summed E-state index contributed by atoms with van der Waals surface area (Å²) in [5, 5.41) is 13.8. The second kappa shape index (κ2) is 9.48. The molecule has 10 heteroatoms. The van der Waals surface area contributed by atoms with E-state index in [1.807, 2.05) is 32.0 Å². The number of nitro benzene ring substituents is 1. The molecular weight excluding hydrogens is 398 g/mol. The number of carbonyl (C=O) groups excluding carboxylic acids is 1. The number of benzene rings is 2. The minimum Gasteiger partial charge on any atom is -0.490 e. The Bertz CT molecular complexity index is 1000. The first-order chi connectivity index (χ1) is 13.6. The van der Waals surface area contributed by atoms with Crippen LogP contribution in [0, 0.1) is 10.1 Å². The molecule has 0 aromatic heterocycles. The van der Waals surface area contributed by atoms with Crippen molar-refractivity contribution < 1.29 is 22.9 Å². The molecule has 2 aromatic carbocycles. The molecule has 0 fully saturated rings. The summed E-state index contributed by atoms with van der Waals surface area (Å²) in [5.74, 6) is -0.0847. The molecule has 29 heavy (non-hydrogen) atoms. The molecule has 0 heterocycles. The van der Waals surface area contributed by atoms with Crippen molar-refractivity contribution in [2.24, 2.45) is 0 Å². The number of ether oxygens (including phenoxy) is 1. The fraction of sp³-hybridized carbons (Fsp3) is 0.316. The first kappa shape index (κ1) is 22.3. The minimum absolute atomic E-state index is 0.0445. The van der Waals surface area contributed by atoms with Crippen LogP contribution in [0.2, 0.25) is 0 Å². The molecule has 0 aliphatic rings. The monoisotopic (exact) mass is 421 g/mol. The minimum atomic E-state index is -4.02. The molecule has 0 spiro atoms. The predicted octanol–water partition coefficient (Wildman–Crippen LogP) is 3.03. The van der Waals surface area contributed by atoms with Gasteiger partial charge in [0, 0.05) is 24.7 Å². The molecule has 0 unspecified atom stereocenters. The third kappa shape index (κ3) is 6.00. The highest BCUT2D eigenvalue weighted by Crippen LogP contribution is 2.29. The van der Waals surface area contributed by atoms with Gasteiger partial charge in [-0.15, -0.1) is 0 Å². The molecule has 0 bridgehead atoms. The van der Waals surface area contributed by atoms with Gasteiger partial charge in [-0.2, -0.15) is 0 Å². The molecule has 156 valence electrons. The number of nitrogens with zero attached hydrogens (tertiary/aromatic N) is 1. The van der Waals surface area contributed by atoms with Gasteiger partial charge < -0.3 is 10.1 Å².